The molecule has 2 heterocycles. The lowest BCUT2D eigenvalue weighted by Gasteiger charge is -2.50. The standard InChI is InChI=1S/C15H24O2/c1-9-4-7-15-8-13(9,2)12(17-15)11-10(15)5-6-14(11,3)16/h9-12,16H,4-8H2,1-3H3/t9-,10-,11-,12-,13-,14+,15+/m0/s1. The summed E-state index contributed by atoms with van der Waals surface area (Å²) in [5.74, 6) is 1.80. The molecule has 7 atom stereocenters. The summed E-state index contributed by atoms with van der Waals surface area (Å²) in [6, 6.07) is 0. The second-order valence-electron chi connectivity index (χ2n) is 7.75. The smallest absolute Gasteiger partial charge is 0.0725 e. The molecule has 0 aromatic heterocycles. The van der Waals surface area contributed by atoms with Crippen molar-refractivity contribution >= 4 is 0 Å². The summed E-state index contributed by atoms with van der Waals surface area (Å²) < 4.78 is 6.50. The van der Waals surface area contributed by atoms with E-state index in [0.717, 1.165) is 12.3 Å². The van der Waals surface area contributed by atoms with Gasteiger partial charge in [0, 0.05) is 5.92 Å². The molecule has 4 aliphatic rings. The highest BCUT2D eigenvalue weighted by atomic mass is 16.5. The molecular formula is C15H24O2. The first kappa shape index (κ1) is 10.8. The maximum atomic E-state index is 10.7. The van der Waals surface area contributed by atoms with E-state index in [1.165, 1.54) is 25.7 Å². The second-order valence-corrected chi connectivity index (χ2v) is 7.75. The van der Waals surface area contributed by atoms with Crippen molar-refractivity contribution in [2.75, 3.05) is 0 Å². The Labute approximate surface area is 104 Å². The van der Waals surface area contributed by atoms with Gasteiger partial charge in [-0.3, -0.25) is 0 Å². The van der Waals surface area contributed by atoms with Crippen LogP contribution in [-0.4, -0.2) is 22.4 Å². The molecule has 0 aromatic carbocycles. The first-order valence-corrected chi connectivity index (χ1v) is 7.29. The molecule has 3 bridgehead atoms. The Bertz CT molecular complexity index is 377. The van der Waals surface area contributed by atoms with Crippen LogP contribution in [0.15, 0.2) is 0 Å². The van der Waals surface area contributed by atoms with Crippen LogP contribution in [0.1, 0.15) is 52.9 Å². The lowest BCUT2D eigenvalue weighted by Crippen LogP contribution is -2.53. The summed E-state index contributed by atoms with van der Waals surface area (Å²) in [6.45, 7) is 6.84. The number of ether oxygens (including phenoxy) is 1. The zero-order valence-corrected chi connectivity index (χ0v) is 11.2. The van der Waals surface area contributed by atoms with E-state index in [2.05, 4.69) is 13.8 Å². The SMILES string of the molecule is C[C@H]1CC[C@]23C[C@]1(C)[C@@H](O2)[C@@H]1[C@@H]3CC[C@@]1(C)O. The van der Waals surface area contributed by atoms with Gasteiger partial charge in [0.05, 0.1) is 17.3 Å². The zero-order chi connectivity index (χ0) is 12.1. The number of rotatable bonds is 0. The lowest BCUT2D eigenvalue weighted by atomic mass is 9.52. The highest BCUT2D eigenvalue weighted by molar-refractivity contribution is 5.22. The van der Waals surface area contributed by atoms with Gasteiger partial charge in [0.25, 0.3) is 0 Å². The van der Waals surface area contributed by atoms with E-state index in [1.54, 1.807) is 0 Å². The van der Waals surface area contributed by atoms with Gasteiger partial charge >= 0.3 is 0 Å². The Morgan fingerprint density at radius 1 is 1.18 bits per heavy atom. The fraction of sp³-hybridized carbons (Fsp3) is 1.00. The van der Waals surface area contributed by atoms with Gasteiger partial charge in [-0.25, -0.2) is 0 Å². The Balaban J connectivity index is 1.83. The number of fused-ring (bicyclic) bond motifs is 5. The van der Waals surface area contributed by atoms with Crippen LogP contribution in [-0.2, 0) is 4.74 Å². The fourth-order valence-corrected chi connectivity index (χ4v) is 5.81. The second kappa shape index (κ2) is 2.75. The number of hydrogen-bond donors (Lipinski definition) is 1. The normalized spacial score (nSPS) is 68.5. The van der Waals surface area contributed by atoms with Gasteiger partial charge in [0.2, 0.25) is 0 Å². The first-order valence-electron chi connectivity index (χ1n) is 7.29. The predicted molar refractivity (Wildman–Crippen MR) is 65.6 cm³/mol. The van der Waals surface area contributed by atoms with E-state index in [0.29, 0.717) is 23.4 Å². The average Bonchev–Trinajstić information content (AvgIpc) is 2.81. The van der Waals surface area contributed by atoms with E-state index in [1.807, 2.05) is 6.92 Å². The summed E-state index contributed by atoms with van der Waals surface area (Å²) in [5.41, 5.74) is 0.000648. The van der Waals surface area contributed by atoms with Gasteiger partial charge < -0.3 is 9.84 Å². The molecule has 17 heavy (non-hydrogen) atoms. The van der Waals surface area contributed by atoms with Crippen molar-refractivity contribution in [2.45, 2.75) is 70.2 Å². The van der Waals surface area contributed by atoms with Crippen molar-refractivity contribution in [2.24, 2.45) is 23.2 Å². The third kappa shape index (κ3) is 1.02. The molecule has 96 valence electrons. The van der Waals surface area contributed by atoms with Crippen LogP contribution in [0.2, 0.25) is 0 Å². The third-order valence-corrected chi connectivity index (χ3v) is 6.93. The Morgan fingerprint density at radius 2 is 1.94 bits per heavy atom. The summed E-state index contributed by atoms with van der Waals surface area (Å²) in [4.78, 5) is 0. The fourth-order valence-electron chi connectivity index (χ4n) is 5.81. The molecule has 1 N–H and O–H groups in total. The largest absolute Gasteiger partial charge is 0.390 e. The Morgan fingerprint density at radius 3 is 2.71 bits per heavy atom. The first-order chi connectivity index (χ1) is 7.89. The van der Waals surface area contributed by atoms with Crippen LogP contribution >= 0.6 is 0 Å². The molecule has 4 rings (SSSR count). The van der Waals surface area contributed by atoms with Gasteiger partial charge in [-0.15, -0.1) is 0 Å². The molecular weight excluding hydrogens is 212 g/mol. The minimum atomic E-state index is -0.476. The molecule has 2 saturated heterocycles. The van der Waals surface area contributed by atoms with Crippen LogP contribution in [0.3, 0.4) is 0 Å². The van der Waals surface area contributed by atoms with Gasteiger partial charge in [-0.2, -0.15) is 0 Å². The molecule has 4 fully saturated rings. The average molecular weight is 236 g/mol. The van der Waals surface area contributed by atoms with E-state index >= 15 is 0 Å². The minimum Gasteiger partial charge on any atom is -0.390 e. The van der Waals surface area contributed by atoms with E-state index in [9.17, 15) is 5.11 Å². The molecule has 0 aromatic rings. The van der Waals surface area contributed by atoms with Crippen LogP contribution in [0.4, 0.5) is 0 Å². The molecule has 0 radical (unpaired) electrons. The van der Waals surface area contributed by atoms with Gasteiger partial charge in [0.1, 0.15) is 0 Å². The maximum absolute atomic E-state index is 10.7. The Kier molecular flexibility index (Phi) is 1.75. The van der Waals surface area contributed by atoms with Crippen LogP contribution in [0.5, 0.6) is 0 Å². The molecule has 2 heteroatoms. The molecule has 1 spiro atoms. The monoisotopic (exact) mass is 236 g/mol. The summed E-state index contributed by atoms with van der Waals surface area (Å²) in [6.07, 6.45) is 6.29. The lowest BCUT2D eigenvalue weighted by molar-refractivity contribution is -0.0635. The molecule has 2 aliphatic heterocycles. The maximum Gasteiger partial charge on any atom is 0.0725 e. The predicted octanol–water partition coefficient (Wildman–Crippen LogP) is 2.74. The van der Waals surface area contributed by atoms with Crippen molar-refractivity contribution in [1.29, 1.82) is 0 Å². The summed E-state index contributed by atoms with van der Waals surface area (Å²) in [5, 5.41) is 10.7. The van der Waals surface area contributed by atoms with Crippen LogP contribution in [0.25, 0.3) is 0 Å². The van der Waals surface area contributed by atoms with Gasteiger partial charge in [-0.1, -0.05) is 13.8 Å². The van der Waals surface area contributed by atoms with Crippen molar-refractivity contribution < 1.29 is 9.84 Å². The topological polar surface area (TPSA) is 29.5 Å². The Hall–Kier alpha value is -0.0800. The summed E-state index contributed by atoms with van der Waals surface area (Å²) in [7, 11) is 0. The van der Waals surface area contributed by atoms with Crippen LogP contribution in [0, 0.1) is 23.2 Å². The van der Waals surface area contributed by atoms with Crippen LogP contribution < -0.4 is 0 Å². The molecule has 0 amide bonds. The van der Waals surface area contributed by atoms with Crippen molar-refractivity contribution in [3.63, 3.8) is 0 Å². The third-order valence-electron chi connectivity index (χ3n) is 6.93. The molecule has 0 unspecified atom stereocenters. The van der Waals surface area contributed by atoms with Crippen molar-refractivity contribution in [3.8, 4) is 0 Å². The van der Waals surface area contributed by atoms with E-state index < -0.39 is 5.60 Å². The quantitative estimate of drug-likeness (QED) is 0.701. The van der Waals surface area contributed by atoms with Crippen molar-refractivity contribution in [1.82, 2.24) is 0 Å². The highest BCUT2D eigenvalue weighted by Crippen LogP contribution is 2.71. The number of hydrogen-bond acceptors (Lipinski definition) is 2. The van der Waals surface area contributed by atoms with E-state index in [-0.39, 0.29) is 5.60 Å². The van der Waals surface area contributed by atoms with Gasteiger partial charge in [-0.05, 0) is 56.3 Å². The molecule has 2 nitrogen and oxygen atoms in total. The minimum absolute atomic E-state index is 0.150. The molecule has 2 saturated carbocycles. The highest BCUT2D eigenvalue weighted by Gasteiger charge is 2.74. The molecule has 2 aliphatic carbocycles. The van der Waals surface area contributed by atoms with E-state index in [4.69, 9.17) is 4.74 Å². The van der Waals surface area contributed by atoms with Gasteiger partial charge in [0.15, 0.2) is 0 Å². The summed E-state index contributed by atoms with van der Waals surface area (Å²) >= 11 is 0. The van der Waals surface area contributed by atoms with Crippen molar-refractivity contribution in [3.05, 3.63) is 0 Å². The number of aliphatic hydroxyl groups is 1. The zero-order valence-electron chi connectivity index (χ0n) is 11.2.